The van der Waals surface area contributed by atoms with Crippen LogP contribution in [0.25, 0.3) is 0 Å². The van der Waals surface area contributed by atoms with Gasteiger partial charge in [-0.05, 0) is 25.8 Å². The van der Waals surface area contributed by atoms with E-state index in [9.17, 15) is 4.79 Å². The molecule has 6 heteroatoms. The lowest BCUT2D eigenvalue weighted by molar-refractivity contribution is -0.132. The van der Waals surface area contributed by atoms with Crippen LogP contribution in [0.2, 0.25) is 0 Å². The maximum absolute atomic E-state index is 12.5. The fraction of sp³-hybridized carbons (Fsp3) is 0.786. The molecule has 1 aliphatic rings. The van der Waals surface area contributed by atoms with Gasteiger partial charge in [-0.3, -0.25) is 4.79 Å². The summed E-state index contributed by atoms with van der Waals surface area (Å²) in [4.78, 5) is 16.6. The molecule has 0 aromatic carbocycles. The molecule has 0 spiro atoms. The van der Waals surface area contributed by atoms with E-state index < -0.39 is 0 Å². The van der Waals surface area contributed by atoms with Crippen molar-refractivity contribution in [3.63, 3.8) is 0 Å². The zero-order valence-corrected chi connectivity index (χ0v) is 12.4. The lowest BCUT2D eigenvalue weighted by Crippen LogP contribution is -2.50. The van der Waals surface area contributed by atoms with Crippen LogP contribution < -0.4 is 10.6 Å². The van der Waals surface area contributed by atoms with Crippen molar-refractivity contribution in [2.75, 3.05) is 19.6 Å². The number of aryl methyl sites for hydroxylation is 1. The largest absolute Gasteiger partial charge is 0.355 e. The van der Waals surface area contributed by atoms with Crippen molar-refractivity contribution in [3.8, 4) is 0 Å². The van der Waals surface area contributed by atoms with E-state index in [1.807, 2.05) is 0 Å². The molecular weight excluding hydrogens is 256 g/mol. The first kappa shape index (κ1) is 15.0. The highest BCUT2D eigenvalue weighted by atomic mass is 16.5. The van der Waals surface area contributed by atoms with Gasteiger partial charge in [-0.15, -0.1) is 0 Å². The lowest BCUT2D eigenvalue weighted by Gasteiger charge is -2.36. The van der Waals surface area contributed by atoms with Crippen LogP contribution in [0.1, 0.15) is 44.3 Å². The van der Waals surface area contributed by atoms with Crippen molar-refractivity contribution in [2.24, 2.45) is 5.41 Å². The quantitative estimate of drug-likeness (QED) is 0.818. The van der Waals surface area contributed by atoms with Crippen LogP contribution in [0.15, 0.2) is 4.52 Å². The molecule has 0 aliphatic carbocycles. The van der Waals surface area contributed by atoms with Crippen LogP contribution >= 0.6 is 0 Å². The number of nitrogens with one attached hydrogen (secondary N) is 2. The van der Waals surface area contributed by atoms with E-state index in [1.165, 1.54) is 0 Å². The second-order valence-electron chi connectivity index (χ2n) is 5.55. The molecule has 20 heavy (non-hydrogen) atoms. The zero-order chi connectivity index (χ0) is 14.4. The van der Waals surface area contributed by atoms with Crippen LogP contribution in [0, 0.1) is 12.3 Å². The summed E-state index contributed by atoms with van der Waals surface area (Å²) in [7, 11) is 0. The molecule has 1 atom stereocenters. The Balaban J connectivity index is 1.85. The van der Waals surface area contributed by atoms with E-state index in [4.69, 9.17) is 4.52 Å². The van der Waals surface area contributed by atoms with E-state index in [0.717, 1.165) is 38.8 Å². The molecule has 0 radical (unpaired) electrons. The van der Waals surface area contributed by atoms with E-state index in [-0.39, 0.29) is 11.3 Å². The van der Waals surface area contributed by atoms with Gasteiger partial charge in [-0.1, -0.05) is 18.5 Å². The lowest BCUT2D eigenvalue weighted by atomic mass is 9.76. The summed E-state index contributed by atoms with van der Waals surface area (Å²) in [6.45, 7) is 6.25. The number of hydrogen-bond donors (Lipinski definition) is 2. The van der Waals surface area contributed by atoms with Gasteiger partial charge in [0.25, 0.3) is 0 Å². The first-order valence-electron chi connectivity index (χ1n) is 7.44. The number of carbonyl (C=O) groups is 1. The van der Waals surface area contributed by atoms with Gasteiger partial charge in [0, 0.05) is 26.4 Å². The average molecular weight is 280 g/mol. The van der Waals surface area contributed by atoms with E-state index in [2.05, 4.69) is 27.7 Å². The molecule has 0 bridgehead atoms. The number of aromatic nitrogens is 2. The second kappa shape index (κ2) is 6.83. The first-order chi connectivity index (χ1) is 9.66. The number of nitrogens with zero attached hydrogens (tertiary/aromatic N) is 2. The van der Waals surface area contributed by atoms with Gasteiger partial charge >= 0.3 is 0 Å². The van der Waals surface area contributed by atoms with Gasteiger partial charge in [0.15, 0.2) is 5.82 Å². The Morgan fingerprint density at radius 2 is 2.40 bits per heavy atom. The Morgan fingerprint density at radius 3 is 3.00 bits per heavy atom. The summed E-state index contributed by atoms with van der Waals surface area (Å²) in [5, 5.41) is 10.2. The summed E-state index contributed by atoms with van der Waals surface area (Å²) >= 11 is 0. The molecule has 2 rings (SSSR count). The van der Waals surface area contributed by atoms with Crippen LogP contribution in [-0.2, 0) is 11.2 Å². The third-order valence-electron chi connectivity index (χ3n) is 3.89. The normalized spacial score (nSPS) is 22.7. The third kappa shape index (κ3) is 3.56. The number of amides is 1. The summed E-state index contributed by atoms with van der Waals surface area (Å²) in [5.74, 6) is 1.37. The molecule has 2 heterocycles. The van der Waals surface area contributed by atoms with Gasteiger partial charge in [0.2, 0.25) is 11.8 Å². The van der Waals surface area contributed by atoms with Crippen LogP contribution in [0.4, 0.5) is 0 Å². The molecule has 1 unspecified atom stereocenters. The Kier molecular flexibility index (Phi) is 5.11. The number of hydrogen-bond acceptors (Lipinski definition) is 5. The molecule has 1 aliphatic heterocycles. The van der Waals surface area contributed by atoms with Gasteiger partial charge in [0.1, 0.15) is 0 Å². The minimum Gasteiger partial charge on any atom is -0.355 e. The van der Waals surface area contributed by atoms with Crippen molar-refractivity contribution in [2.45, 2.75) is 46.0 Å². The zero-order valence-electron chi connectivity index (χ0n) is 12.4. The van der Waals surface area contributed by atoms with Gasteiger partial charge in [-0.2, -0.15) is 4.98 Å². The fourth-order valence-electron chi connectivity index (χ4n) is 2.89. The van der Waals surface area contributed by atoms with Crippen molar-refractivity contribution in [1.29, 1.82) is 0 Å². The predicted molar refractivity (Wildman–Crippen MR) is 75.2 cm³/mol. The molecule has 1 saturated heterocycles. The van der Waals surface area contributed by atoms with Crippen LogP contribution in [0.3, 0.4) is 0 Å². The van der Waals surface area contributed by atoms with Gasteiger partial charge in [0.05, 0.1) is 5.41 Å². The highest BCUT2D eigenvalue weighted by Gasteiger charge is 2.38. The van der Waals surface area contributed by atoms with Crippen molar-refractivity contribution in [1.82, 2.24) is 20.8 Å². The van der Waals surface area contributed by atoms with E-state index in [0.29, 0.717) is 24.7 Å². The molecule has 6 nitrogen and oxygen atoms in total. The summed E-state index contributed by atoms with van der Waals surface area (Å²) in [6, 6.07) is 0. The fourth-order valence-corrected chi connectivity index (χ4v) is 2.89. The van der Waals surface area contributed by atoms with Gasteiger partial charge in [-0.25, -0.2) is 0 Å². The summed E-state index contributed by atoms with van der Waals surface area (Å²) in [6.07, 6.45) is 4.61. The van der Waals surface area contributed by atoms with Crippen molar-refractivity contribution >= 4 is 5.91 Å². The minimum absolute atomic E-state index is 0.159. The number of rotatable bonds is 6. The Hall–Kier alpha value is -1.43. The topological polar surface area (TPSA) is 80.1 Å². The molecular formula is C14H24N4O2. The van der Waals surface area contributed by atoms with E-state index >= 15 is 0 Å². The Labute approximate surface area is 119 Å². The van der Waals surface area contributed by atoms with Crippen LogP contribution in [0.5, 0.6) is 0 Å². The monoisotopic (exact) mass is 280 g/mol. The van der Waals surface area contributed by atoms with Crippen LogP contribution in [-0.4, -0.2) is 35.7 Å². The molecule has 1 amide bonds. The minimum atomic E-state index is -0.236. The molecule has 2 N–H and O–H groups in total. The molecule has 1 aromatic heterocycles. The maximum atomic E-state index is 12.5. The molecule has 1 aromatic rings. The Bertz CT molecular complexity index is 433. The average Bonchev–Trinajstić information content (AvgIpc) is 2.86. The Morgan fingerprint density at radius 1 is 1.55 bits per heavy atom. The van der Waals surface area contributed by atoms with Crippen molar-refractivity contribution in [3.05, 3.63) is 11.7 Å². The third-order valence-corrected chi connectivity index (χ3v) is 3.89. The highest BCUT2D eigenvalue weighted by molar-refractivity contribution is 5.83. The molecule has 112 valence electrons. The SMILES string of the molecule is CCCC1(C(=O)NCCc2noc(C)n2)CCCNC1. The molecule has 1 fully saturated rings. The van der Waals surface area contributed by atoms with Crippen molar-refractivity contribution < 1.29 is 9.32 Å². The predicted octanol–water partition coefficient (Wildman–Crippen LogP) is 1.21. The summed E-state index contributed by atoms with van der Waals surface area (Å²) < 4.78 is 4.91. The first-order valence-corrected chi connectivity index (χ1v) is 7.44. The second-order valence-corrected chi connectivity index (χ2v) is 5.55. The maximum Gasteiger partial charge on any atom is 0.227 e. The standard InChI is InChI=1S/C14H24N4O2/c1-3-6-14(7-4-8-15-10-14)13(19)16-9-5-12-17-11(2)20-18-12/h15H,3-10H2,1-2H3,(H,16,19). The summed E-state index contributed by atoms with van der Waals surface area (Å²) in [5.41, 5.74) is -0.236. The number of piperidine rings is 1. The van der Waals surface area contributed by atoms with E-state index in [1.54, 1.807) is 6.92 Å². The number of carbonyl (C=O) groups excluding carboxylic acids is 1. The van der Waals surface area contributed by atoms with Gasteiger partial charge < -0.3 is 15.2 Å². The molecule has 0 saturated carbocycles. The smallest absolute Gasteiger partial charge is 0.227 e. The highest BCUT2D eigenvalue weighted by Crippen LogP contribution is 2.31.